The van der Waals surface area contributed by atoms with E-state index in [2.05, 4.69) is 0 Å². The van der Waals surface area contributed by atoms with Gasteiger partial charge in [0, 0.05) is 26.2 Å². The Bertz CT molecular complexity index is 630. The maximum Gasteiger partial charge on any atom is 0.320 e. The molecule has 0 aromatic heterocycles. The Morgan fingerprint density at radius 2 is 1.48 bits per heavy atom. The van der Waals surface area contributed by atoms with E-state index in [-0.39, 0.29) is 30.0 Å². The number of carbonyl (C=O) groups excluding carboxylic acids is 2. The van der Waals surface area contributed by atoms with Crippen LogP contribution in [0.3, 0.4) is 0 Å². The van der Waals surface area contributed by atoms with Gasteiger partial charge in [-0.1, -0.05) is 0 Å². The van der Waals surface area contributed by atoms with Crippen molar-refractivity contribution < 1.29 is 18.0 Å². The van der Waals surface area contributed by atoms with Crippen molar-refractivity contribution in [3.05, 3.63) is 0 Å². The zero-order valence-electron chi connectivity index (χ0n) is 15.1. The van der Waals surface area contributed by atoms with Crippen LogP contribution in [0.15, 0.2) is 0 Å². The quantitative estimate of drug-likeness (QED) is 0.651. The minimum Gasteiger partial charge on any atom is -0.334 e. The molecular weight excluding hydrogens is 344 g/mol. The molecule has 0 aromatic rings. The average Bonchev–Trinajstić information content (AvgIpc) is 2.88. The highest BCUT2D eigenvalue weighted by Crippen LogP contribution is 2.28. The summed E-state index contributed by atoms with van der Waals surface area (Å²) in [5.41, 5.74) is 0. The largest absolute Gasteiger partial charge is 0.334 e. The van der Waals surface area contributed by atoms with Crippen molar-refractivity contribution >= 4 is 21.8 Å². The highest BCUT2D eigenvalue weighted by Gasteiger charge is 2.50. The minimum atomic E-state index is -3.24. The van der Waals surface area contributed by atoms with E-state index in [0.29, 0.717) is 13.1 Å². The first-order valence-electron chi connectivity index (χ1n) is 8.99. The van der Waals surface area contributed by atoms with E-state index in [9.17, 15) is 18.0 Å². The number of hydrogen-bond donors (Lipinski definition) is 0. The third-order valence-corrected chi connectivity index (χ3v) is 7.02. The van der Waals surface area contributed by atoms with Gasteiger partial charge in [-0.2, -0.15) is 0 Å². The molecule has 3 heterocycles. The maximum atomic E-state index is 12.9. The summed E-state index contributed by atoms with van der Waals surface area (Å²) in [6, 6.07) is -0.897. The summed E-state index contributed by atoms with van der Waals surface area (Å²) < 4.78 is 24.5. The Kier molecular flexibility index (Phi) is 5.24. The molecule has 0 bridgehead atoms. The lowest BCUT2D eigenvalue weighted by Gasteiger charge is -2.46. The van der Waals surface area contributed by atoms with E-state index in [1.165, 1.54) is 0 Å². The molecule has 0 spiro atoms. The standard InChI is InChI=1S/C16H28N4O4S/c1-17(2)10-15(21)19-8-9-20(14-12-25(23,24)11-13(14)19)16(22)18-6-4-3-5-7-18/h13-14H,3-12H2,1-2H3/t13-,14+/m0/s1. The molecule has 9 heteroatoms. The molecule has 142 valence electrons. The fourth-order valence-electron chi connectivity index (χ4n) is 4.13. The number of urea groups is 1. The molecule has 3 rings (SSSR count). The lowest BCUT2D eigenvalue weighted by molar-refractivity contribution is -0.137. The van der Waals surface area contributed by atoms with Gasteiger partial charge in [-0.05, 0) is 33.4 Å². The molecule has 0 aromatic carbocycles. The van der Waals surface area contributed by atoms with Crippen molar-refractivity contribution in [2.24, 2.45) is 0 Å². The molecule has 0 N–H and O–H groups in total. The second-order valence-corrected chi connectivity index (χ2v) is 9.71. The molecule has 3 amide bonds. The number of amides is 3. The van der Waals surface area contributed by atoms with Crippen LogP contribution in [0.4, 0.5) is 4.79 Å². The number of nitrogens with zero attached hydrogens (tertiary/aromatic N) is 4. The SMILES string of the molecule is CN(C)CC(=O)N1CCN(C(=O)N2CCCCC2)[C@@H]2CS(=O)(=O)C[C@@H]21. The Labute approximate surface area is 149 Å². The summed E-state index contributed by atoms with van der Waals surface area (Å²) in [6.07, 6.45) is 3.13. The highest BCUT2D eigenvalue weighted by molar-refractivity contribution is 7.91. The second kappa shape index (κ2) is 7.11. The van der Waals surface area contributed by atoms with Crippen molar-refractivity contribution in [3.63, 3.8) is 0 Å². The smallest absolute Gasteiger partial charge is 0.320 e. The molecule has 3 saturated heterocycles. The average molecular weight is 372 g/mol. The van der Waals surface area contributed by atoms with E-state index < -0.39 is 21.9 Å². The van der Waals surface area contributed by atoms with Gasteiger partial charge in [0.2, 0.25) is 5.91 Å². The predicted molar refractivity (Wildman–Crippen MR) is 94.0 cm³/mol. The minimum absolute atomic E-state index is 0.0387. The van der Waals surface area contributed by atoms with Gasteiger partial charge in [-0.15, -0.1) is 0 Å². The molecule has 2 atom stereocenters. The zero-order chi connectivity index (χ0) is 18.2. The highest BCUT2D eigenvalue weighted by atomic mass is 32.2. The molecular formula is C16H28N4O4S. The number of likely N-dealkylation sites (N-methyl/N-ethyl adjacent to an activating group) is 1. The van der Waals surface area contributed by atoms with Crippen molar-refractivity contribution in [1.82, 2.24) is 19.6 Å². The van der Waals surface area contributed by atoms with E-state index >= 15 is 0 Å². The molecule has 3 fully saturated rings. The third-order valence-electron chi connectivity index (χ3n) is 5.32. The summed E-state index contributed by atoms with van der Waals surface area (Å²) in [7, 11) is 0.392. The number of piperidine rings is 1. The molecule has 0 aliphatic carbocycles. The van der Waals surface area contributed by atoms with Crippen LogP contribution in [0.5, 0.6) is 0 Å². The second-order valence-electron chi connectivity index (χ2n) is 7.56. The van der Waals surface area contributed by atoms with E-state index in [1.807, 2.05) is 19.0 Å². The monoisotopic (exact) mass is 372 g/mol. The Morgan fingerprint density at radius 3 is 2.08 bits per heavy atom. The van der Waals surface area contributed by atoms with Crippen molar-refractivity contribution in [3.8, 4) is 0 Å². The van der Waals surface area contributed by atoms with Gasteiger partial charge in [0.1, 0.15) is 0 Å². The molecule has 0 unspecified atom stereocenters. The van der Waals surface area contributed by atoms with E-state index in [1.54, 1.807) is 14.7 Å². The number of piperazine rings is 1. The summed E-state index contributed by atoms with van der Waals surface area (Å²) in [5, 5.41) is 0. The lowest BCUT2D eigenvalue weighted by atomic mass is 10.0. The van der Waals surface area contributed by atoms with Gasteiger partial charge in [-0.3, -0.25) is 4.79 Å². The molecule has 0 saturated carbocycles. The predicted octanol–water partition coefficient (Wildman–Crippen LogP) is -0.536. The fraction of sp³-hybridized carbons (Fsp3) is 0.875. The topological polar surface area (TPSA) is 81.2 Å². The normalized spacial score (nSPS) is 29.0. The number of sulfone groups is 1. The van der Waals surface area contributed by atoms with Crippen LogP contribution in [0.1, 0.15) is 19.3 Å². The van der Waals surface area contributed by atoms with Crippen molar-refractivity contribution in [2.75, 3.05) is 58.3 Å². The van der Waals surface area contributed by atoms with Crippen LogP contribution in [0.2, 0.25) is 0 Å². The third kappa shape index (κ3) is 3.92. The maximum absolute atomic E-state index is 12.9. The van der Waals surface area contributed by atoms with Crippen LogP contribution < -0.4 is 0 Å². The molecule has 3 aliphatic heterocycles. The van der Waals surface area contributed by atoms with Gasteiger partial charge in [0.15, 0.2) is 9.84 Å². The number of fused-ring (bicyclic) bond motifs is 1. The van der Waals surface area contributed by atoms with Crippen LogP contribution in [-0.2, 0) is 14.6 Å². The first kappa shape index (κ1) is 18.4. The van der Waals surface area contributed by atoms with Crippen LogP contribution in [0, 0.1) is 0 Å². The summed E-state index contributed by atoms with van der Waals surface area (Å²) in [5.74, 6) is -0.147. The van der Waals surface area contributed by atoms with Crippen molar-refractivity contribution in [1.29, 1.82) is 0 Å². The van der Waals surface area contributed by atoms with Gasteiger partial charge in [0.25, 0.3) is 0 Å². The first-order valence-corrected chi connectivity index (χ1v) is 10.8. The summed E-state index contributed by atoms with van der Waals surface area (Å²) in [6.45, 7) is 2.54. The van der Waals surface area contributed by atoms with Gasteiger partial charge in [-0.25, -0.2) is 13.2 Å². The number of carbonyl (C=O) groups is 2. The Hall–Kier alpha value is -1.35. The lowest BCUT2D eigenvalue weighted by Crippen LogP contribution is -2.64. The number of likely N-dealkylation sites (tertiary alicyclic amines) is 1. The van der Waals surface area contributed by atoms with E-state index in [0.717, 1.165) is 32.4 Å². The van der Waals surface area contributed by atoms with E-state index in [4.69, 9.17) is 0 Å². The molecule has 25 heavy (non-hydrogen) atoms. The zero-order valence-corrected chi connectivity index (χ0v) is 15.9. The number of hydrogen-bond acceptors (Lipinski definition) is 5. The summed E-state index contributed by atoms with van der Waals surface area (Å²) in [4.78, 5) is 32.4. The van der Waals surface area contributed by atoms with Crippen LogP contribution in [-0.4, -0.2) is 110 Å². The Balaban J connectivity index is 1.78. The van der Waals surface area contributed by atoms with Gasteiger partial charge < -0.3 is 19.6 Å². The van der Waals surface area contributed by atoms with Crippen LogP contribution >= 0.6 is 0 Å². The molecule has 0 radical (unpaired) electrons. The molecule has 3 aliphatic rings. The van der Waals surface area contributed by atoms with Gasteiger partial charge in [0.05, 0.1) is 30.1 Å². The summed E-state index contributed by atoms with van der Waals surface area (Å²) >= 11 is 0. The van der Waals surface area contributed by atoms with Gasteiger partial charge >= 0.3 is 6.03 Å². The molecule has 8 nitrogen and oxygen atoms in total. The first-order chi connectivity index (χ1) is 11.8. The Morgan fingerprint density at radius 1 is 0.920 bits per heavy atom. The number of rotatable bonds is 2. The van der Waals surface area contributed by atoms with Crippen molar-refractivity contribution in [2.45, 2.75) is 31.3 Å². The van der Waals surface area contributed by atoms with Crippen LogP contribution in [0.25, 0.3) is 0 Å². The fourth-order valence-corrected chi connectivity index (χ4v) is 6.11.